The van der Waals surface area contributed by atoms with Crippen molar-refractivity contribution in [2.75, 3.05) is 18.6 Å². The molecule has 33 heavy (non-hydrogen) atoms. The topological polar surface area (TPSA) is 161 Å². The number of nitrogens with two attached hydrogens (primary N) is 2. The van der Waals surface area contributed by atoms with Gasteiger partial charge in [0.15, 0.2) is 16.4 Å². The molecule has 2 aliphatic heterocycles. The van der Waals surface area contributed by atoms with Gasteiger partial charge in [0.2, 0.25) is 5.78 Å². The van der Waals surface area contributed by atoms with E-state index in [9.17, 15) is 19.5 Å². The molecule has 4 rings (SSSR count). The van der Waals surface area contributed by atoms with Crippen LogP contribution in [0.25, 0.3) is 0 Å². The molecule has 1 saturated heterocycles. The van der Waals surface area contributed by atoms with Gasteiger partial charge in [-0.15, -0.1) is 23.1 Å². The highest BCUT2D eigenvalue weighted by Crippen LogP contribution is 2.49. The highest BCUT2D eigenvalue weighted by atomic mass is 79.9. The molecule has 0 bridgehead atoms. The molecule has 1 unspecified atom stereocenters. The summed E-state index contributed by atoms with van der Waals surface area (Å²) < 4.78 is 0.886. The van der Waals surface area contributed by atoms with E-state index in [0.717, 1.165) is 25.6 Å². The SMILES string of the molecule is CON=C(C(=O)C1(N)C(=O)N2C(C(=O)O)=C(Sc3ccc(Br)cc3)CS[C@H]21)c1csc(N)n1. The zero-order valence-corrected chi connectivity index (χ0v) is 20.9. The number of oxime groups is 1. The van der Waals surface area contributed by atoms with E-state index in [1.807, 2.05) is 24.3 Å². The van der Waals surface area contributed by atoms with Gasteiger partial charge in [-0.05, 0) is 24.3 Å². The lowest BCUT2D eigenvalue weighted by Gasteiger charge is -2.54. The number of thiazole rings is 1. The highest BCUT2D eigenvalue weighted by Gasteiger charge is 2.67. The highest BCUT2D eigenvalue weighted by molar-refractivity contribution is 9.10. The number of carbonyl (C=O) groups excluding carboxylic acids is 2. The number of thioether (sulfide) groups is 2. The van der Waals surface area contributed by atoms with Crippen LogP contribution < -0.4 is 11.5 Å². The van der Waals surface area contributed by atoms with Crippen molar-refractivity contribution < 1.29 is 24.3 Å². The first-order chi connectivity index (χ1) is 15.7. The van der Waals surface area contributed by atoms with E-state index in [1.54, 1.807) is 0 Å². The Labute approximate surface area is 208 Å². The molecule has 0 aliphatic carbocycles. The molecule has 0 radical (unpaired) electrons. The second kappa shape index (κ2) is 9.10. The second-order valence-corrected chi connectivity index (χ2v) is 10.9. The fraction of sp³-hybridized carbons (Fsp3) is 0.211. The number of ketones is 1. The molecule has 2 aromatic rings. The summed E-state index contributed by atoms with van der Waals surface area (Å²) in [5.41, 5.74) is 9.64. The van der Waals surface area contributed by atoms with Gasteiger partial charge in [0, 0.05) is 25.4 Å². The summed E-state index contributed by atoms with van der Waals surface area (Å²) in [6, 6.07) is 7.34. The number of amides is 1. The first kappa shape index (κ1) is 23.8. The Balaban J connectivity index is 1.67. The lowest BCUT2D eigenvalue weighted by atomic mass is 9.81. The number of carboxylic acid groups (broad SMARTS) is 1. The number of β-lactam (4-membered cyclic amide) rings is 1. The summed E-state index contributed by atoms with van der Waals surface area (Å²) in [6.45, 7) is 0. The molecular weight excluding hydrogens is 554 g/mol. The van der Waals surface area contributed by atoms with Gasteiger partial charge < -0.3 is 21.4 Å². The van der Waals surface area contributed by atoms with Crippen molar-refractivity contribution in [3.63, 3.8) is 0 Å². The quantitative estimate of drug-likeness (QED) is 0.195. The standard InChI is InChI=1S/C19H16BrN5O5S3/c1-30-24-12(10-6-32-18(21)23-10)14(26)19(22)16(29)25-13(15(27)28)11(7-31-17(19)25)33-9-4-2-8(20)3-5-9/h2-6,17H,7,22H2,1H3,(H2,21,23)(H,27,28)/t17-,19?/m0/s1. The molecule has 172 valence electrons. The minimum absolute atomic E-state index is 0.127. The maximum Gasteiger partial charge on any atom is 0.353 e. The summed E-state index contributed by atoms with van der Waals surface area (Å²) in [7, 11) is 1.24. The Morgan fingerprint density at radius 3 is 2.67 bits per heavy atom. The number of fused-ring (bicyclic) bond motifs is 1. The zero-order valence-electron chi connectivity index (χ0n) is 16.9. The van der Waals surface area contributed by atoms with E-state index in [1.165, 1.54) is 36.0 Å². The Morgan fingerprint density at radius 2 is 2.09 bits per heavy atom. The summed E-state index contributed by atoms with van der Waals surface area (Å²) in [5.74, 6) is -2.67. The van der Waals surface area contributed by atoms with Gasteiger partial charge >= 0.3 is 5.97 Å². The van der Waals surface area contributed by atoms with E-state index in [2.05, 4.69) is 26.1 Å². The third-order valence-electron chi connectivity index (χ3n) is 4.87. The molecule has 3 heterocycles. The second-order valence-electron chi connectivity index (χ2n) is 6.86. The number of anilines is 1. The van der Waals surface area contributed by atoms with E-state index in [-0.39, 0.29) is 28.0 Å². The van der Waals surface area contributed by atoms with Crippen molar-refractivity contribution in [1.82, 2.24) is 9.88 Å². The van der Waals surface area contributed by atoms with E-state index >= 15 is 0 Å². The van der Waals surface area contributed by atoms with E-state index in [0.29, 0.717) is 4.91 Å². The molecule has 0 saturated carbocycles. The average molecular weight is 570 g/mol. The Bertz CT molecular complexity index is 1210. The van der Waals surface area contributed by atoms with Crippen molar-refractivity contribution in [3.8, 4) is 0 Å². The van der Waals surface area contributed by atoms with Crippen LogP contribution in [0.1, 0.15) is 5.69 Å². The Morgan fingerprint density at radius 1 is 1.39 bits per heavy atom. The van der Waals surface area contributed by atoms with Crippen molar-refractivity contribution in [2.24, 2.45) is 10.9 Å². The van der Waals surface area contributed by atoms with Gasteiger partial charge in [-0.25, -0.2) is 9.78 Å². The molecule has 1 amide bonds. The fourth-order valence-electron chi connectivity index (χ4n) is 3.37. The predicted octanol–water partition coefficient (Wildman–Crippen LogP) is 2.11. The molecule has 2 atom stereocenters. The van der Waals surface area contributed by atoms with Crippen LogP contribution in [-0.4, -0.2) is 62.1 Å². The number of carboxylic acids is 1. The lowest BCUT2D eigenvalue weighted by Crippen LogP contribution is -2.82. The number of rotatable bonds is 7. The molecule has 1 aromatic heterocycles. The number of nitrogens with zero attached hydrogens (tertiary/aromatic N) is 3. The number of Topliss-reactive ketones (excluding diaryl/α,β-unsaturated/α-hetero) is 1. The minimum Gasteiger partial charge on any atom is -0.477 e. The molecule has 10 nitrogen and oxygen atoms in total. The molecular formula is C19H16BrN5O5S3. The number of nitrogen functional groups attached to an aromatic ring is 1. The third-order valence-corrected chi connectivity index (χ3v) is 8.70. The Kier molecular flexibility index (Phi) is 6.55. The monoisotopic (exact) mass is 569 g/mol. The average Bonchev–Trinajstić information content (AvgIpc) is 3.23. The van der Waals surface area contributed by atoms with Crippen LogP contribution in [0.15, 0.2) is 54.8 Å². The van der Waals surface area contributed by atoms with Crippen LogP contribution in [-0.2, 0) is 19.2 Å². The zero-order chi connectivity index (χ0) is 23.9. The van der Waals surface area contributed by atoms with Gasteiger partial charge in [0.05, 0.1) is 0 Å². The van der Waals surface area contributed by atoms with Gasteiger partial charge in [-0.2, -0.15) is 0 Å². The van der Waals surface area contributed by atoms with Crippen LogP contribution in [0.3, 0.4) is 0 Å². The normalized spacial score (nSPS) is 22.6. The number of aliphatic carboxylic acids is 1. The lowest BCUT2D eigenvalue weighted by molar-refractivity contribution is -0.157. The van der Waals surface area contributed by atoms with Gasteiger partial charge in [0.25, 0.3) is 5.91 Å². The van der Waals surface area contributed by atoms with Gasteiger partial charge in [-0.1, -0.05) is 32.8 Å². The molecule has 0 spiro atoms. The number of hydrogen-bond acceptors (Lipinski definition) is 11. The number of benzene rings is 1. The minimum atomic E-state index is -2.02. The maximum absolute atomic E-state index is 13.3. The van der Waals surface area contributed by atoms with Crippen LogP contribution in [0.2, 0.25) is 0 Å². The number of hydrogen-bond donors (Lipinski definition) is 3. The van der Waals surface area contributed by atoms with Gasteiger partial charge in [0.1, 0.15) is 23.9 Å². The summed E-state index contributed by atoms with van der Waals surface area (Å²) >= 11 is 6.90. The van der Waals surface area contributed by atoms with Crippen molar-refractivity contribution in [3.05, 3.63) is 50.4 Å². The molecule has 14 heteroatoms. The van der Waals surface area contributed by atoms with Crippen LogP contribution in [0.5, 0.6) is 0 Å². The van der Waals surface area contributed by atoms with Crippen molar-refractivity contribution >= 4 is 79.3 Å². The molecule has 5 N–H and O–H groups in total. The van der Waals surface area contributed by atoms with Crippen LogP contribution in [0.4, 0.5) is 5.13 Å². The molecule has 1 fully saturated rings. The molecule has 2 aliphatic rings. The summed E-state index contributed by atoms with van der Waals surface area (Å²) in [4.78, 5) is 49.8. The first-order valence-electron chi connectivity index (χ1n) is 9.19. The number of carbonyl (C=O) groups is 3. The maximum atomic E-state index is 13.3. The summed E-state index contributed by atoms with van der Waals surface area (Å²) in [6.07, 6.45) is 0. The summed E-state index contributed by atoms with van der Waals surface area (Å²) in [5, 5.41) is 14.4. The van der Waals surface area contributed by atoms with Gasteiger partial charge in [-0.3, -0.25) is 14.5 Å². The van der Waals surface area contributed by atoms with Crippen LogP contribution >= 0.6 is 50.8 Å². The number of halogens is 1. The van der Waals surface area contributed by atoms with Crippen molar-refractivity contribution in [2.45, 2.75) is 15.8 Å². The molecule has 1 aromatic carbocycles. The number of aromatic nitrogens is 1. The fourth-order valence-corrected chi connectivity index (χ4v) is 6.73. The van der Waals surface area contributed by atoms with E-state index in [4.69, 9.17) is 16.3 Å². The van der Waals surface area contributed by atoms with Crippen LogP contribution in [0, 0.1) is 0 Å². The smallest absolute Gasteiger partial charge is 0.353 e. The Hall–Kier alpha value is -2.39. The largest absolute Gasteiger partial charge is 0.477 e. The van der Waals surface area contributed by atoms with Crippen molar-refractivity contribution in [1.29, 1.82) is 0 Å². The third kappa shape index (κ3) is 4.05. The first-order valence-corrected chi connectivity index (χ1v) is 12.7. The predicted molar refractivity (Wildman–Crippen MR) is 130 cm³/mol. The van der Waals surface area contributed by atoms with E-state index < -0.39 is 28.6 Å².